The van der Waals surface area contributed by atoms with Gasteiger partial charge in [0.25, 0.3) is 0 Å². The zero-order valence-corrected chi connectivity index (χ0v) is 10.7. The van der Waals surface area contributed by atoms with Gasteiger partial charge >= 0.3 is 0 Å². The molecule has 0 aliphatic rings. The molecule has 1 N–H and O–H groups in total. The van der Waals surface area contributed by atoms with E-state index in [9.17, 15) is 0 Å². The molecule has 0 aliphatic heterocycles. The van der Waals surface area contributed by atoms with Crippen LogP contribution >= 0.6 is 11.3 Å². The third-order valence-electron chi connectivity index (χ3n) is 2.55. The van der Waals surface area contributed by atoms with Gasteiger partial charge in [0, 0.05) is 6.20 Å². The molecule has 2 heterocycles. The summed E-state index contributed by atoms with van der Waals surface area (Å²) in [5, 5.41) is 4.19. The van der Waals surface area contributed by atoms with E-state index in [1.54, 1.807) is 23.7 Å². The largest absolute Gasteiger partial charge is 0.356 e. The lowest BCUT2D eigenvalue weighted by atomic mass is 10.3. The zero-order chi connectivity index (χ0) is 12.4. The maximum atomic E-state index is 4.50. The molecule has 0 aliphatic carbocycles. The van der Waals surface area contributed by atoms with Gasteiger partial charge in [-0.1, -0.05) is 23.5 Å². The first kappa shape index (κ1) is 11.1. The molecule has 4 nitrogen and oxygen atoms in total. The zero-order valence-electron chi connectivity index (χ0n) is 9.92. The number of nitrogens with one attached hydrogen (secondary N) is 1. The number of rotatable bonds is 3. The summed E-state index contributed by atoms with van der Waals surface area (Å²) in [6.45, 7) is 2.57. The van der Waals surface area contributed by atoms with Gasteiger partial charge in [-0.25, -0.2) is 4.98 Å². The lowest BCUT2D eigenvalue weighted by molar-refractivity contribution is 0.983. The Labute approximate surface area is 109 Å². The molecule has 1 aromatic carbocycles. The van der Waals surface area contributed by atoms with Gasteiger partial charge in [-0.3, -0.25) is 9.97 Å². The van der Waals surface area contributed by atoms with Gasteiger partial charge in [0.1, 0.15) is 0 Å². The summed E-state index contributed by atoms with van der Waals surface area (Å²) in [5.41, 5.74) is 2.87. The Hall–Kier alpha value is -2.01. The van der Waals surface area contributed by atoms with Crippen molar-refractivity contribution < 1.29 is 0 Å². The van der Waals surface area contributed by atoms with Crippen molar-refractivity contribution >= 4 is 26.7 Å². The van der Waals surface area contributed by atoms with Crippen LogP contribution in [0.1, 0.15) is 11.4 Å². The molecular formula is C13H12N4S. The first-order valence-corrected chi connectivity index (χ1v) is 6.50. The molecule has 3 aromatic rings. The molecule has 0 saturated heterocycles. The number of benzene rings is 1. The van der Waals surface area contributed by atoms with Crippen LogP contribution in [0.2, 0.25) is 0 Å². The van der Waals surface area contributed by atoms with Gasteiger partial charge < -0.3 is 5.32 Å². The highest BCUT2D eigenvalue weighted by Crippen LogP contribution is 2.25. The van der Waals surface area contributed by atoms with Crippen molar-refractivity contribution in [2.75, 3.05) is 5.32 Å². The summed E-state index contributed by atoms with van der Waals surface area (Å²) < 4.78 is 1.19. The van der Waals surface area contributed by atoms with Crippen LogP contribution in [0, 0.1) is 6.92 Å². The molecule has 0 atom stereocenters. The van der Waals surface area contributed by atoms with Crippen LogP contribution in [-0.4, -0.2) is 15.0 Å². The lowest BCUT2D eigenvalue weighted by Gasteiger charge is -2.01. The summed E-state index contributed by atoms with van der Waals surface area (Å²) in [6, 6.07) is 8.11. The van der Waals surface area contributed by atoms with Gasteiger partial charge in [-0.2, -0.15) is 0 Å². The van der Waals surface area contributed by atoms with E-state index in [2.05, 4.69) is 26.3 Å². The van der Waals surface area contributed by atoms with Crippen LogP contribution in [0.4, 0.5) is 5.13 Å². The highest BCUT2D eigenvalue weighted by Gasteiger charge is 2.02. The molecule has 18 heavy (non-hydrogen) atoms. The van der Waals surface area contributed by atoms with Crippen molar-refractivity contribution in [1.29, 1.82) is 0 Å². The van der Waals surface area contributed by atoms with E-state index in [-0.39, 0.29) is 0 Å². The predicted octanol–water partition coefficient (Wildman–Crippen LogP) is 3.01. The number of nitrogens with zero attached hydrogens (tertiary/aromatic N) is 3. The number of hydrogen-bond donors (Lipinski definition) is 1. The Bertz CT molecular complexity index is 627. The highest BCUT2D eigenvalue weighted by molar-refractivity contribution is 7.22. The van der Waals surface area contributed by atoms with Crippen LogP contribution in [0.25, 0.3) is 10.2 Å². The van der Waals surface area contributed by atoms with Crippen LogP contribution in [0.5, 0.6) is 0 Å². The predicted molar refractivity (Wildman–Crippen MR) is 73.7 cm³/mol. The molecule has 90 valence electrons. The Morgan fingerprint density at radius 3 is 2.83 bits per heavy atom. The van der Waals surface area contributed by atoms with E-state index < -0.39 is 0 Å². The van der Waals surface area contributed by atoms with Crippen molar-refractivity contribution in [3.8, 4) is 0 Å². The molecule has 0 fully saturated rings. The van der Waals surface area contributed by atoms with E-state index in [0.29, 0.717) is 6.54 Å². The smallest absolute Gasteiger partial charge is 0.184 e. The highest BCUT2D eigenvalue weighted by atomic mass is 32.1. The van der Waals surface area contributed by atoms with Gasteiger partial charge in [-0.15, -0.1) is 0 Å². The normalized spacial score (nSPS) is 10.7. The van der Waals surface area contributed by atoms with Crippen molar-refractivity contribution in [3.63, 3.8) is 0 Å². The summed E-state index contributed by atoms with van der Waals surface area (Å²) in [6.07, 6.45) is 3.56. The summed E-state index contributed by atoms with van der Waals surface area (Å²) in [7, 11) is 0. The number of aromatic nitrogens is 3. The molecule has 3 rings (SSSR count). The molecule has 0 bridgehead atoms. The minimum Gasteiger partial charge on any atom is -0.356 e. The number of aryl methyl sites for hydroxylation is 1. The quantitative estimate of drug-likeness (QED) is 0.782. The lowest BCUT2D eigenvalue weighted by Crippen LogP contribution is -2.02. The van der Waals surface area contributed by atoms with Crippen LogP contribution in [-0.2, 0) is 6.54 Å². The van der Waals surface area contributed by atoms with Gasteiger partial charge in [0.15, 0.2) is 5.13 Å². The fraction of sp³-hybridized carbons (Fsp3) is 0.154. The fourth-order valence-electron chi connectivity index (χ4n) is 1.62. The minimum atomic E-state index is 0.646. The van der Waals surface area contributed by atoms with E-state index in [1.165, 1.54) is 4.70 Å². The topological polar surface area (TPSA) is 50.7 Å². The van der Waals surface area contributed by atoms with Crippen molar-refractivity contribution in [1.82, 2.24) is 15.0 Å². The van der Waals surface area contributed by atoms with Gasteiger partial charge in [0.2, 0.25) is 0 Å². The number of fused-ring (bicyclic) bond motifs is 1. The first-order valence-electron chi connectivity index (χ1n) is 5.68. The number of thiazole rings is 1. The SMILES string of the molecule is Cc1cnc(CNc2nc3ccccc3s2)cn1. The van der Waals surface area contributed by atoms with Crippen LogP contribution < -0.4 is 5.32 Å². The Morgan fingerprint density at radius 1 is 1.17 bits per heavy atom. The van der Waals surface area contributed by atoms with Crippen molar-refractivity contribution in [2.45, 2.75) is 13.5 Å². The molecule has 0 radical (unpaired) electrons. The molecule has 0 unspecified atom stereocenters. The number of anilines is 1. The standard InChI is InChI=1S/C13H12N4S/c1-9-6-15-10(7-14-9)8-16-13-17-11-4-2-3-5-12(11)18-13/h2-7H,8H2,1H3,(H,16,17). The van der Waals surface area contributed by atoms with Gasteiger partial charge in [0.05, 0.1) is 34.3 Å². The summed E-state index contributed by atoms with van der Waals surface area (Å²) in [5.74, 6) is 0. The maximum absolute atomic E-state index is 4.50. The van der Waals surface area contributed by atoms with E-state index >= 15 is 0 Å². The summed E-state index contributed by atoms with van der Waals surface area (Å²) in [4.78, 5) is 13.0. The molecule has 2 aromatic heterocycles. The van der Waals surface area contributed by atoms with E-state index in [4.69, 9.17) is 0 Å². The number of para-hydroxylation sites is 1. The van der Waals surface area contributed by atoms with Crippen LogP contribution in [0.15, 0.2) is 36.7 Å². The van der Waals surface area contributed by atoms with Crippen LogP contribution in [0.3, 0.4) is 0 Å². The third-order valence-corrected chi connectivity index (χ3v) is 3.54. The second kappa shape index (κ2) is 4.70. The average molecular weight is 256 g/mol. The molecular weight excluding hydrogens is 244 g/mol. The molecule has 0 amide bonds. The maximum Gasteiger partial charge on any atom is 0.184 e. The van der Waals surface area contributed by atoms with Crippen molar-refractivity contribution in [3.05, 3.63) is 48.0 Å². The Morgan fingerprint density at radius 2 is 2.06 bits per heavy atom. The van der Waals surface area contributed by atoms with E-state index in [1.807, 2.05) is 25.1 Å². The van der Waals surface area contributed by atoms with Gasteiger partial charge in [-0.05, 0) is 19.1 Å². The first-order chi connectivity index (χ1) is 8.81. The van der Waals surface area contributed by atoms with Crippen molar-refractivity contribution in [2.24, 2.45) is 0 Å². The third kappa shape index (κ3) is 2.31. The second-order valence-electron chi connectivity index (χ2n) is 3.99. The average Bonchev–Trinajstić information content (AvgIpc) is 2.81. The Kier molecular flexibility index (Phi) is 2.90. The fourth-order valence-corrected chi connectivity index (χ4v) is 2.49. The number of hydrogen-bond acceptors (Lipinski definition) is 5. The summed E-state index contributed by atoms with van der Waals surface area (Å²) >= 11 is 1.65. The Balaban J connectivity index is 1.74. The second-order valence-corrected chi connectivity index (χ2v) is 5.02. The minimum absolute atomic E-state index is 0.646. The monoisotopic (exact) mass is 256 g/mol. The molecule has 0 spiro atoms. The molecule has 5 heteroatoms. The molecule has 0 saturated carbocycles. The van der Waals surface area contributed by atoms with E-state index in [0.717, 1.165) is 22.0 Å².